The molecule has 0 aromatic carbocycles. The van der Waals surface area contributed by atoms with Crippen molar-refractivity contribution >= 4 is 5.91 Å². The highest BCUT2D eigenvalue weighted by molar-refractivity contribution is 5.82. The molecule has 2 aliphatic heterocycles. The standard InChI is InChI=1S/C12H22N2O2/c1-2-3-9-4-5-14(8-9)12(16)11-6-10(15)7-13-11/h9-11,13,15H,2-8H2,1H3. The van der Waals surface area contributed by atoms with Gasteiger partial charge in [-0.3, -0.25) is 4.79 Å². The Labute approximate surface area is 97.0 Å². The van der Waals surface area contributed by atoms with Crippen LogP contribution in [0.3, 0.4) is 0 Å². The van der Waals surface area contributed by atoms with Crippen LogP contribution in [-0.2, 0) is 4.79 Å². The molecule has 2 rings (SSSR count). The van der Waals surface area contributed by atoms with Crippen LogP contribution in [0.2, 0.25) is 0 Å². The van der Waals surface area contributed by atoms with E-state index in [2.05, 4.69) is 12.2 Å². The number of nitrogens with one attached hydrogen (secondary N) is 1. The van der Waals surface area contributed by atoms with Gasteiger partial charge in [0.2, 0.25) is 5.91 Å². The number of carbonyl (C=O) groups excluding carboxylic acids is 1. The van der Waals surface area contributed by atoms with Crippen LogP contribution in [0.15, 0.2) is 0 Å². The largest absolute Gasteiger partial charge is 0.392 e. The lowest BCUT2D eigenvalue weighted by atomic mass is 10.0. The van der Waals surface area contributed by atoms with Gasteiger partial charge in [-0.15, -0.1) is 0 Å². The normalized spacial score (nSPS) is 34.6. The van der Waals surface area contributed by atoms with Crippen molar-refractivity contribution in [3.63, 3.8) is 0 Å². The van der Waals surface area contributed by atoms with Crippen LogP contribution in [0.25, 0.3) is 0 Å². The van der Waals surface area contributed by atoms with Gasteiger partial charge in [-0.05, 0) is 25.2 Å². The summed E-state index contributed by atoms with van der Waals surface area (Å²) in [4.78, 5) is 14.1. The quantitative estimate of drug-likeness (QED) is 0.730. The maximum Gasteiger partial charge on any atom is 0.239 e. The highest BCUT2D eigenvalue weighted by atomic mass is 16.3. The Hall–Kier alpha value is -0.610. The van der Waals surface area contributed by atoms with Crippen molar-refractivity contribution < 1.29 is 9.90 Å². The van der Waals surface area contributed by atoms with Crippen LogP contribution in [0, 0.1) is 5.92 Å². The van der Waals surface area contributed by atoms with Gasteiger partial charge in [0.1, 0.15) is 0 Å². The third kappa shape index (κ3) is 2.55. The number of hydrogen-bond acceptors (Lipinski definition) is 3. The second kappa shape index (κ2) is 5.15. The Morgan fingerprint density at radius 3 is 3.00 bits per heavy atom. The maximum atomic E-state index is 12.1. The fraction of sp³-hybridized carbons (Fsp3) is 0.917. The van der Waals surface area contributed by atoms with Gasteiger partial charge < -0.3 is 15.3 Å². The van der Waals surface area contributed by atoms with Crippen molar-refractivity contribution in [1.29, 1.82) is 0 Å². The van der Waals surface area contributed by atoms with Crippen LogP contribution in [0.4, 0.5) is 0 Å². The smallest absolute Gasteiger partial charge is 0.239 e. The van der Waals surface area contributed by atoms with Crippen LogP contribution in [-0.4, -0.2) is 47.7 Å². The molecule has 92 valence electrons. The van der Waals surface area contributed by atoms with Crippen LogP contribution >= 0.6 is 0 Å². The first kappa shape index (κ1) is 11.9. The lowest BCUT2D eigenvalue weighted by Crippen LogP contribution is -2.42. The number of β-amino-alcohol motifs (C(OH)–C–C–N with tert-alkyl or cyclic N) is 1. The first-order valence-electron chi connectivity index (χ1n) is 6.41. The van der Waals surface area contributed by atoms with E-state index in [1.807, 2.05) is 4.90 Å². The molecule has 16 heavy (non-hydrogen) atoms. The predicted molar refractivity (Wildman–Crippen MR) is 62.0 cm³/mol. The molecule has 2 fully saturated rings. The van der Waals surface area contributed by atoms with E-state index < -0.39 is 0 Å². The van der Waals surface area contributed by atoms with Gasteiger partial charge in [-0.1, -0.05) is 13.3 Å². The number of rotatable bonds is 3. The highest BCUT2D eigenvalue weighted by Crippen LogP contribution is 2.22. The van der Waals surface area contributed by atoms with Gasteiger partial charge in [0.25, 0.3) is 0 Å². The number of aliphatic hydroxyl groups is 1. The monoisotopic (exact) mass is 226 g/mol. The summed E-state index contributed by atoms with van der Waals surface area (Å²) in [5.74, 6) is 0.885. The molecule has 4 heteroatoms. The summed E-state index contributed by atoms with van der Waals surface area (Å²) in [6.45, 7) is 4.57. The van der Waals surface area contributed by atoms with Crippen molar-refractivity contribution in [2.75, 3.05) is 19.6 Å². The van der Waals surface area contributed by atoms with E-state index in [0.717, 1.165) is 19.5 Å². The second-order valence-corrected chi connectivity index (χ2v) is 5.08. The van der Waals surface area contributed by atoms with Gasteiger partial charge >= 0.3 is 0 Å². The summed E-state index contributed by atoms with van der Waals surface area (Å²) in [7, 11) is 0. The molecular formula is C12H22N2O2. The zero-order valence-electron chi connectivity index (χ0n) is 9.98. The Morgan fingerprint density at radius 1 is 1.56 bits per heavy atom. The molecule has 1 amide bonds. The van der Waals surface area contributed by atoms with Crippen LogP contribution in [0.5, 0.6) is 0 Å². The summed E-state index contributed by atoms with van der Waals surface area (Å²) in [5.41, 5.74) is 0. The van der Waals surface area contributed by atoms with Crippen molar-refractivity contribution in [3.8, 4) is 0 Å². The average Bonchev–Trinajstić information content (AvgIpc) is 2.87. The first-order chi connectivity index (χ1) is 7.70. The molecule has 0 bridgehead atoms. The molecule has 2 N–H and O–H groups in total. The van der Waals surface area contributed by atoms with Gasteiger partial charge in [0.05, 0.1) is 12.1 Å². The summed E-state index contributed by atoms with van der Waals surface area (Å²) in [6, 6.07) is -0.143. The minimum Gasteiger partial charge on any atom is -0.392 e. The molecular weight excluding hydrogens is 204 g/mol. The Kier molecular flexibility index (Phi) is 3.82. The fourth-order valence-corrected chi connectivity index (χ4v) is 2.80. The van der Waals surface area contributed by atoms with Crippen LogP contribution in [0.1, 0.15) is 32.6 Å². The molecule has 3 unspecified atom stereocenters. The molecule has 2 saturated heterocycles. The zero-order valence-corrected chi connectivity index (χ0v) is 9.98. The summed E-state index contributed by atoms with van der Waals surface area (Å²) >= 11 is 0. The van der Waals surface area contributed by atoms with Gasteiger partial charge in [0, 0.05) is 19.6 Å². The molecule has 0 radical (unpaired) electrons. The lowest BCUT2D eigenvalue weighted by Gasteiger charge is -2.20. The lowest BCUT2D eigenvalue weighted by molar-refractivity contribution is -0.132. The fourth-order valence-electron chi connectivity index (χ4n) is 2.80. The molecule has 2 heterocycles. The number of likely N-dealkylation sites (tertiary alicyclic amines) is 1. The SMILES string of the molecule is CCCC1CCN(C(=O)C2CC(O)CN2)C1. The van der Waals surface area contributed by atoms with Gasteiger partial charge in [-0.25, -0.2) is 0 Å². The molecule has 0 saturated carbocycles. The average molecular weight is 226 g/mol. The molecule has 0 aliphatic carbocycles. The topological polar surface area (TPSA) is 52.6 Å². The molecule has 4 nitrogen and oxygen atoms in total. The Bertz CT molecular complexity index is 257. The maximum absolute atomic E-state index is 12.1. The Morgan fingerprint density at radius 2 is 2.38 bits per heavy atom. The van der Waals surface area contributed by atoms with Crippen molar-refractivity contribution in [3.05, 3.63) is 0 Å². The van der Waals surface area contributed by atoms with E-state index in [0.29, 0.717) is 18.9 Å². The highest BCUT2D eigenvalue weighted by Gasteiger charge is 2.34. The third-order valence-corrected chi connectivity index (χ3v) is 3.70. The summed E-state index contributed by atoms with van der Waals surface area (Å²) in [5, 5.41) is 12.5. The number of amides is 1. The van der Waals surface area contributed by atoms with E-state index >= 15 is 0 Å². The molecule has 0 aromatic heterocycles. The molecule has 2 aliphatic rings. The Balaban J connectivity index is 1.82. The van der Waals surface area contributed by atoms with Gasteiger partial charge in [-0.2, -0.15) is 0 Å². The van der Waals surface area contributed by atoms with Crippen LogP contribution < -0.4 is 5.32 Å². The van der Waals surface area contributed by atoms with Crippen molar-refractivity contribution in [2.45, 2.75) is 44.8 Å². The second-order valence-electron chi connectivity index (χ2n) is 5.08. The van der Waals surface area contributed by atoms with Gasteiger partial charge in [0.15, 0.2) is 0 Å². The van der Waals surface area contributed by atoms with E-state index in [-0.39, 0.29) is 18.1 Å². The minimum atomic E-state index is -0.344. The van der Waals surface area contributed by atoms with E-state index in [4.69, 9.17) is 0 Å². The molecule has 0 spiro atoms. The zero-order chi connectivity index (χ0) is 11.5. The van der Waals surface area contributed by atoms with E-state index in [1.54, 1.807) is 0 Å². The number of carbonyl (C=O) groups is 1. The van der Waals surface area contributed by atoms with Crippen molar-refractivity contribution in [2.24, 2.45) is 5.92 Å². The molecule has 3 atom stereocenters. The summed E-state index contributed by atoms with van der Waals surface area (Å²) < 4.78 is 0. The van der Waals surface area contributed by atoms with E-state index in [1.165, 1.54) is 12.8 Å². The van der Waals surface area contributed by atoms with Crippen molar-refractivity contribution in [1.82, 2.24) is 10.2 Å². The number of nitrogens with zero attached hydrogens (tertiary/aromatic N) is 1. The third-order valence-electron chi connectivity index (χ3n) is 3.70. The first-order valence-corrected chi connectivity index (χ1v) is 6.41. The molecule has 0 aromatic rings. The predicted octanol–water partition coefficient (Wildman–Crippen LogP) is 0.358. The minimum absolute atomic E-state index is 0.143. The number of hydrogen-bond donors (Lipinski definition) is 2. The number of aliphatic hydroxyl groups excluding tert-OH is 1. The summed E-state index contributed by atoms with van der Waals surface area (Å²) in [6.07, 6.45) is 3.81. The van der Waals surface area contributed by atoms with E-state index in [9.17, 15) is 9.90 Å².